The SMILES string of the molecule is CC(C)NCc1cc(Br)cnc1Oc1cccc(F)c1F. The zero-order valence-corrected chi connectivity index (χ0v) is 13.2. The number of hydrogen-bond acceptors (Lipinski definition) is 3. The minimum absolute atomic E-state index is 0.185. The lowest BCUT2D eigenvalue weighted by Crippen LogP contribution is -2.22. The lowest BCUT2D eigenvalue weighted by atomic mass is 10.2. The van der Waals surface area contributed by atoms with Crippen LogP contribution in [0.15, 0.2) is 34.9 Å². The number of benzene rings is 1. The molecule has 0 spiro atoms. The van der Waals surface area contributed by atoms with Gasteiger partial charge < -0.3 is 10.1 Å². The third-order valence-corrected chi connectivity index (χ3v) is 3.15. The van der Waals surface area contributed by atoms with Crippen LogP contribution in [0.25, 0.3) is 0 Å². The third kappa shape index (κ3) is 4.22. The highest BCUT2D eigenvalue weighted by Crippen LogP contribution is 2.28. The average molecular weight is 357 g/mol. The molecule has 0 aliphatic heterocycles. The van der Waals surface area contributed by atoms with E-state index in [0.717, 1.165) is 16.1 Å². The number of aromatic nitrogens is 1. The molecule has 1 heterocycles. The van der Waals surface area contributed by atoms with Gasteiger partial charge in [-0.1, -0.05) is 19.9 Å². The van der Waals surface area contributed by atoms with Crippen LogP contribution in [0, 0.1) is 11.6 Å². The number of nitrogens with one attached hydrogen (secondary N) is 1. The minimum Gasteiger partial charge on any atom is -0.435 e. The fourth-order valence-electron chi connectivity index (χ4n) is 1.67. The molecule has 0 amide bonds. The van der Waals surface area contributed by atoms with Crippen LogP contribution in [0.2, 0.25) is 0 Å². The van der Waals surface area contributed by atoms with Gasteiger partial charge in [0.2, 0.25) is 11.7 Å². The predicted molar refractivity (Wildman–Crippen MR) is 80.3 cm³/mol. The van der Waals surface area contributed by atoms with Crippen molar-refractivity contribution >= 4 is 15.9 Å². The van der Waals surface area contributed by atoms with Crippen LogP contribution in [0.3, 0.4) is 0 Å². The average Bonchev–Trinajstić information content (AvgIpc) is 2.43. The molecule has 2 aromatic rings. The van der Waals surface area contributed by atoms with E-state index < -0.39 is 11.6 Å². The van der Waals surface area contributed by atoms with Gasteiger partial charge in [0.05, 0.1) is 0 Å². The Kier molecular flexibility index (Phi) is 5.25. The van der Waals surface area contributed by atoms with E-state index in [1.54, 1.807) is 6.20 Å². The minimum atomic E-state index is -1.02. The number of pyridine rings is 1. The molecule has 0 aliphatic rings. The van der Waals surface area contributed by atoms with Crippen LogP contribution in [-0.4, -0.2) is 11.0 Å². The van der Waals surface area contributed by atoms with Gasteiger partial charge in [-0.3, -0.25) is 0 Å². The first-order valence-electron chi connectivity index (χ1n) is 6.47. The van der Waals surface area contributed by atoms with Gasteiger partial charge in [0.15, 0.2) is 11.6 Å². The van der Waals surface area contributed by atoms with Crippen molar-refractivity contribution in [2.24, 2.45) is 0 Å². The van der Waals surface area contributed by atoms with E-state index in [9.17, 15) is 8.78 Å². The zero-order valence-electron chi connectivity index (χ0n) is 11.7. The van der Waals surface area contributed by atoms with Crippen molar-refractivity contribution in [2.45, 2.75) is 26.4 Å². The van der Waals surface area contributed by atoms with Crippen molar-refractivity contribution in [2.75, 3.05) is 0 Å². The second-order valence-corrected chi connectivity index (χ2v) is 5.72. The summed E-state index contributed by atoms with van der Waals surface area (Å²) in [5.74, 6) is -1.91. The maximum Gasteiger partial charge on any atom is 0.223 e. The molecule has 0 saturated heterocycles. The van der Waals surface area contributed by atoms with Crippen LogP contribution < -0.4 is 10.1 Å². The molecule has 0 aliphatic carbocycles. The Bertz CT molecular complexity index is 635. The van der Waals surface area contributed by atoms with E-state index in [1.807, 2.05) is 19.9 Å². The van der Waals surface area contributed by atoms with E-state index >= 15 is 0 Å². The molecule has 6 heteroatoms. The molecule has 21 heavy (non-hydrogen) atoms. The molecular weight excluding hydrogens is 342 g/mol. The van der Waals surface area contributed by atoms with Crippen molar-refractivity contribution in [3.05, 3.63) is 52.1 Å². The number of halogens is 3. The lowest BCUT2D eigenvalue weighted by Gasteiger charge is -2.13. The van der Waals surface area contributed by atoms with Crippen molar-refractivity contribution < 1.29 is 13.5 Å². The summed E-state index contributed by atoms with van der Waals surface area (Å²) in [6.45, 7) is 4.53. The second kappa shape index (κ2) is 6.95. The molecule has 2 rings (SSSR count). The molecule has 0 bridgehead atoms. The molecule has 0 saturated carbocycles. The van der Waals surface area contributed by atoms with Gasteiger partial charge in [-0.25, -0.2) is 9.37 Å². The highest BCUT2D eigenvalue weighted by atomic mass is 79.9. The monoisotopic (exact) mass is 356 g/mol. The maximum atomic E-state index is 13.7. The summed E-state index contributed by atoms with van der Waals surface area (Å²) >= 11 is 3.33. The number of rotatable bonds is 5. The summed E-state index contributed by atoms with van der Waals surface area (Å²) in [4.78, 5) is 4.12. The summed E-state index contributed by atoms with van der Waals surface area (Å²) in [6.07, 6.45) is 1.55. The van der Waals surface area contributed by atoms with Crippen LogP contribution in [0.1, 0.15) is 19.4 Å². The summed E-state index contributed by atoms with van der Waals surface area (Å²) in [5, 5.41) is 3.23. The Morgan fingerprint density at radius 2 is 2.10 bits per heavy atom. The topological polar surface area (TPSA) is 34.2 Å². The van der Waals surface area contributed by atoms with Crippen LogP contribution >= 0.6 is 15.9 Å². The van der Waals surface area contributed by atoms with Crippen LogP contribution in [0.5, 0.6) is 11.6 Å². The van der Waals surface area contributed by atoms with Gasteiger partial charge in [-0.05, 0) is 34.1 Å². The largest absolute Gasteiger partial charge is 0.435 e. The Morgan fingerprint density at radius 1 is 1.33 bits per heavy atom. The quantitative estimate of drug-likeness (QED) is 0.861. The fourth-order valence-corrected chi connectivity index (χ4v) is 2.05. The molecule has 112 valence electrons. The summed E-state index contributed by atoms with van der Waals surface area (Å²) in [5.41, 5.74) is 0.752. The fraction of sp³-hybridized carbons (Fsp3) is 0.267. The predicted octanol–water partition coefficient (Wildman–Crippen LogP) is 4.41. The van der Waals surface area contributed by atoms with Gasteiger partial charge in [0.1, 0.15) is 0 Å². The lowest BCUT2D eigenvalue weighted by molar-refractivity contribution is 0.399. The first-order valence-corrected chi connectivity index (χ1v) is 7.26. The molecule has 1 N–H and O–H groups in total. The number of ether oxygens (including phenoxy) is 1. The normalized spacial score (nSPS) is 11.0. The van der Waals surface area contributed by atoms with Gasteiger partial charge >= 0.3 is 0 Å². The molecule has 0 unspecified atom stereocenters. The van der Waals surface area contributed by atoms with E-state index in [1.165, 1.54) is 12.1 Å². The number of nitrogens with zero attached hydrogens (tertiary/aromatic N) is 1. The Morgan fingerprint density at radius 3 is 2.81 bits per heavy atom. The van der Waals surface area contributed by atoms with Crippen LogP contribution in [0.4, 0.5) is 8.78 Å². The number of hydrogen-bond donors (Lipinski definition) is 1. The summed E-state index contributed by atoms with van der Waals surface area (Å²) in [7, 11) is 0. The molecule has 1 aromatic heterocycles. The van der Waals surface area contributed by atoms with Crippen molar-refractivity contribution in [3.8, 4) is 11.6 Å². The van der Waals surface area contributed by atoms with Gasteiger partial charge in [0, 0.05) is 28.8 Å². The molecule has 0 radical (unpaired) electrons. The van der Waals surface area contributed by atoms with E-state index in [2.05, 4.69) is 26.2 Å². The molecule has 1 aromatic carbocycles. The highest BCUT2D eigenvalue weighted by molar-refractivity contribution is 9.10. The van der Waals surface area contributed by atoms with Gasteiger partial charge in [-0.15, -0.1) is 0 Å². The molecule has 0 fully saturated rings. The molecule has 0 atom stereocenters. The maximum absolute atomic E-state index is 13.7. The first-order chi connectivity index (χ1) is 9.97. The van der Waals surface area contributed by atoms with Crippen LogP contribution in [-0.2, 0) is 6.54 Å². The Labute approximate surface area is 130 Å². The van der Waals surface area contributed by atoms with Crippen molar-refractivity contribution in [1.82, 2.24) is 10.3 Å². The second-order valence-electron chi connectivity index (χ2n) is 4.81. The van der Waals surface area contributed by atoms with Crippen molar-refractivity contribution in [1.29, 1.82) is 0 Å². The Balaban J connectivity index is 2.28. The highest BCUT2D eigenvalue weighted by Gasteiger charge is 2.13. The third-order valence-electron chi connectivity index (χ3n) is 2.72. The standard InChI is InChI=1S/C15H15BrF2N2O/c1-9(2)19-7-10-6-11(16)8-20-15(10)21-13-5-3-4-12(17)14(13)18/h3-6,8-9,19H,7H2,1-2H3. The van der Waals surface area contributed by atoms with Gasteiger partial charge in [-0.2, -0.15) is 4.39 Å². The molecule has 3 nitrogen and oxygen atoms in total. The van der Waals surface area contributed by atoms with Gasteiger partial charge in [0.25, 0.3) is 0 Å². The van der Waals surface area contributed by atoms with E-state index in [-0.39, 0.29) is 17.7 Å². The van der Waals surface area contributed by atoms with E-state index in [4.69, 9.17) is 4.74 Å². The smallest absolute Gasteiger partial charge is 0.223 e. The van der Waals surface area contributed by atoms with E-state index in [0.29, 0.717) is 6.54 Å². The Hall–Kier alpha value is -1.53. The summed E-state index contributed by atoms with van der Waals surface area (Å²) in [6, 6.07) is 5.90. The first kappa shape index (κ1) is 15.9. The molecular formula is C15H15BrF2N2O. The zero-order chi connectivity index (χ0) is 15.4. The van der Waals surface area contributed by atoms with Crippen molar-refractivity contribution in [3.63, 3.8) is 0 Å². The summed E-state index contributed by atoms with van der Waals surface area (Å²) < 4.78 is 33.1.